The predicted molar refractivity (Wildman–Crippen MR) is 62.9 cm³/mol. The molecule has 0 fully saturated rings. The van der Waals surface area contributed by atoms with Crippen molar-refractivity contribution in [2.24, 2.45) is 5.73 Å². The zero-order chi connectivity index (χ0) is 11.5. The maximum absolute atomic E-state index is 9.84. The van der Waals surface area contributed by atoms with Crippen molar-refractivity contribution in [1.29, 1.82) is 0 Å². The van der Waals surface area contributed by atoms with Crippen LogP contribution in [0.4, 0.5) is 0 Å². The first-order valence-electron chi connectivity index (χ1n) is 5.31. The number of nitrogens with two attached hydrogens (primary N) is 1. The summed E-state index contributed by atoms with van der Waals surface area (Å²) < 4.78 is 1.84. The van der Waals surface area contributed by atoms with Crippen molar-refractivity contribution in [2.75, 3.05) is 0 Å². The number of phenols is 1. The third-order valence-electron chi connectivity index (χ3n) is 2.59. The Balaban J connectivity index is 2.62. The van der Waals surface area contributed by atoms with E-state index in [0.29, 0.717) is 6.54 Å². The Morgan fingerprint density at radius 2 is 2.12 bits per heavy atom. The molecule has 0 radical (unpaired) electrons. The van der Waals surface area contributed by atoms with E-state index in [1.807, 2.05) is 23.7 Å². The molecule has 1 aromatic heterocycles. The van der Waals surface area contributed by atoms with E-state index >= 15 is 0 Å². The van der Waals surface area contributed by atoms with Gasteiger partial charge in [0, 0.05) is 24.2 Å². The Kier molecular flexibility index (Phi) is 2.92. The summed E-state index contributed by atoms with van der Waals surface area (Å²) >= 11 is 0. The van der Waals surface area contributed by atoms with Gasteiger partial charge in [-0.25, -0.2) is 0 Å². The molecule has 4 nitrogen and oxygen atoms in total. The maximum atomic E-state index is 9.84. The van der Waals surface area contributed by atoms with Crippen LogP contribution in [0.2, 0.25) is 0 Å². The second kappa shape index (κ2) is 4.37. The minimum absolute atomic E-state index is 0.257. The summed E-state index contributed by atoms with van der Waals surface area (Å²) in [7, 11) is 0. The number of hydrogen-bond acceptors (Lipinski definition) is 3. The minimum Gasteiger partial charge on any atom is -0.507 e. The molecule has 2 rings (SSSR count). The fraction of sp³-hybridized carbons (Fsp3) is 0.250. The van der Waals surface area contributed by atoms with Crippen LogP contribution in [0.1, 0.15) is 12.5 Å². The highest BCUT2D eigenvalue weighted by molar-refractivity contribution is 5.69. The van der Waals surface area contributed by atoms with Crippen LogP contribution in [0, 0.1) is 0 Å². The van der Waals surface area contributed by atoms with Crippen molar-refractivity contribution in [3.63, 3.8) is 0 Å². The van der Waals surface area contributed by atoms with Crippen LogP contribution < -0.4 is 5.73 Å². The Hall–Kier alpha value is -1.81. The highest BCUT2D eigenvalue weighted by Crippen LogP contribution is 2.31. The van der Waals surface area contributed by atoms with E-state index in [4.69, 9.17) is 5.73 Å². The number of aromatic hydroxyl groups is 1. The van der Waals surface area contributed by atoms with E-state index in [9.17, 15) is 5.11 Å². The van der Waals surface area contributed by atoms with Crippen molar-refractivity contribution in [3.8, 4) is 17.0 Å². The zero-order valence-corrected chi connectivity index (χ0v) is 9.22. The lowest BCUT2D eigenvalue weighted by molar-refractivity contribution is 0.476. The third-order valence-corrected chi connectivity index (χ3v) is 2.59. The standard InChI is InChI=1S/C12H15N3O/c1-2-15-12(9(7-13)8-14-15)10-5-3-4-6-11(10)16/h3-6,8,16H,2,7,13H2,1H3. The molecule has 0 aliphatic rings. The van der Waals surface area contributed by atoms with Crippen molar-refractivity contribution >= 4 is 0 Å². The fourth-order valence-corrected chi connectivity index (χ4v) is 1.80. The van der Waals surface area contributed by atoms with E-state index in [1.54, 1.807) is 18.3 Å². The van der Waals surface area contributed by atoms with Gasteiger partial charge in [-0.2, -0.15) is 5.10 Å². The van der Waals surface area contributed by atoms with Crippen LogP contribution in [-0.4, -0.2) is 14.9 Å². The molecular formula is C12H15N3O. The molecule has 3 N–H and O–H groups in total. The Morgan fingerprint density at radius 3 is 2.75 bits per heavy atom. The number of hydrogen-bond donors (Lipinski definition) is 2. The van der Waals surface area contributed by atoms with Crippen LogP contribution >= 0.6 is 0 Å². The van der Waals surface area contributed by atoms with Gasteiger partial charge in [0.25, 0.3) is 0 Å². The lowest BCUT2D eigenvalue weighted by Crippen LogP contribution is -2.02. The summed E-state index contributed by atoms with van der Waals surface area (Å²) in [5, 5.41) is 14.1. The lowest BCUT2D eigenvalue weighted by atomic mass is 10.1. The smallest absolute Gasteiger partial charge is 0.124 e. The van der Waals surface area contributed by atoms with Gasteiger partial charge >= 0.3 is 0 Å². The van der Waals surface area contributed by atoms with E-state index in [1.165, 1.54) is 0 Å². The van der Waals surface area contributed by atoms with Gasteiger partial charge in [0.05, 0.1) is 11.9 Å². The SMILES string of the molecule is CCn1ncc(CN)c1-c1ccccc1O. The summed E-state index contributed by atoms with van der Waals surface area (Å²) in [4.78, 5) is 0. The summed E-state index contributed by atoms with van der Waals surface area (Å²) in [5.74, 6) is 0.257. The molecule has 0 spiro atoms. The molecule has 0 aliphatic heterocycles. The molecule has 1 heterocycles. The van der Waals surface area contributed by atoms with Gasteiger partial charge in [0.2, 0.25) is 0 Å². The van der Waals surface area contributed by atoms with Crippen LogP contribution in [-0.2, 0) is 13.1 Å². The molecule has 0 atom stereocenters. The van der Waals surface area contributed by atoms with Gasteiger partial charge in [-0.15, -0.1) is 0 Å². The molecule has 0 saturated carbocycles. The van der Waals surface area contributed by atoms with E-state index in [-0.39, 0.29) is 5.75 Å². The summed E-state index contributed by atoms with van der Waals surface area (Å²) in [6.45, 7) is 3.18. The fourth-order valence-electron chi connectivity index (χ4n) is 1.80. The molecule has 4 heteroatoms. The first-order valence-corrected chi connectivity index (χ1v) is 5.31. The quantitative estimate of drug-likeness (QED) is 0.823. The Morgan fingerprint density at radius 1 is 1.38 bits per heavy atom. The van der Waals surface area contributed by atoms with Gasteiger partial charge in [0.1, 0.15) is 5.75 Å². The van der Waals surface area contributed by atoms with Crippen LogP contribution in [0.5, 0.6) is 5.75 Å². The minimum atomic E-state index is 0.257. The first-order chi connectivity index (χ1) is 7.77. The number of rotatable bonds is 3. The van der Waals surface area contributed by atoms with Crippen molar-refractivity contribution in [3.05, 3.63) is 36.0 Å². The number of aromatic nitrogens is 2. The zero-order valence-electron chi connectivity index (χ0n) is 9.22. The normalized spacial score (nSPS) is 10.6. The van der Waals surface area contributed by atoms with Crippen LogP contribution in [0.25, 0.3) is 11.3 Å². The molecular weight excluding hydrogens is 202 g/mol. The average Bonchev–Trinajstić information content (AvgIpc) is 2.72. The Bertz CT molecular complexity index is 469. The topological polar surface area (TPSA) is 64.1 Å². The summed E-state index contributed by atoms with van der Waals surface area (Å²) in [6, 6.07) is 7.23. The van der Waals surface area contributed by atoms with Crippen molar-refractivity contribution in [1.82, 2.24) is 9.78 Å². The van der Waals surface area contributed by atoms with Gasteiger partial charge in [-0.1, -0.05) is 12.1 Å². The molecule has 84 valence electrons. The molecule has 2 aromatic rings. The molecule has 1 aromatic carbocycles. The van der Waals surface area contributed by atoms with Crippen LogP contribution in [0.3, 0.4) is 0 Å². The van der Waals surface area contributed by atoms with Gasteiger partial charge in [-0.3, -0.25) is 4.68 Å². The highest BCUT2D eigenvalue weighted by Gasteiger charge is 2.13. The number of benzene rings is 1. The molecule has 0 bridgehead atoms. The van der Waals surface area contributed by atoms with Gasteiger partial charge in [-0.05, 0) is 19.1 Å². The summed E-state index contributed by atoms with van der Waals surface area (Å²) in [6.07, 6.45) is 1.76. The number of aryl methyl sites for hydroxylation is 1. The first kappa shape index (κ1) is 10.7. The summed E-state index contributed by atoms with van der Waals surface area (Å²) in [5.41, 5.74) is 8.30. The molecule has 0 saturated heterocycles. The highest BCUT2D eigenvalue weighted by atomic mass is 16.3. The second-order valence-corrected chi connectivity index (χ2v) is 3.56. The third kappa shape index (κ3) is 1.67. The predicted octanol–water partition coefficient (Wildman–Crippen LogP) is 1.73. The number of phenolic OH excluding ortho intramolecular Hbond substituents is 1. The monoisotopic (exact) mass is 217 g/mol. The maximum Gasteiger partial charge on any atom is 0.124 e. The second-order valence-electron chi connectivity index (χ2n) is 3.56. The van der Waals surface area contributed by atoms with E-state index < -0.39 is 0 Å². The largest absolute Gasteiger partial charge is 0.507 e. The number of para-hydroxylation sites is 1. The molecule has 0 amide bonds. The van der Waals surface area contributed by atoms with E-state index in [2.05, 4.69) is 5.10 Å². The van der Waals surface area contributed by atoms with Crippen molar-refractivity contribution in [2.45, 2.75) is 20.0 Å². The lowest BCUT2D eigenvalue weighted by Gasteiger charge is -2.08. The van der Waals surface area contributed by atoms with Gasteiger partial charge in [0.15, 0.2) is 0 Å². The molecule has 16 heavy (non-hydrogen) atoms. The van der Waals surface area contributed by atoms with Crippen molar-refractivity contribution < 1.29 is 5.11 Å². The molecule has 0 unspecified atom stereocenters. The van der Waals surface area contributed by atoms with Gasteiger partial charge < -0.3 is 10.8 Å². The van der Waals surface area contributed by atoms with Crippen LogP contribution in [0.15, 0.2) is 30.5 Å². The average molecular weight is 217 g/mol. The van der Waals surface area contributed by atoms with E-state index in [0.717, 1.165) is 23.4 Å². The molecule has 0 aliphatic carbocycles. The number of nitrogens with zero attached hydrogens (tertiary/aromatic N) is 2. The Labute approximate surface area is 94.3 Å².